The Morgan fingerprint density at radius 3 is 1.61 bits per heavy atom. The number of benzene rings is 1. The Morgan fingerprint density at radius 1 is 0.778 bits per heavy atom. The average molecular weight is 603 g/mol. The van der Waals surface area contributed by atoms with Crippen LogP contribution < -0.4 is 4.74 Å². The van der Waals surface area contributed by atoms with Gasteiger partial charge in [0.25, 0.3) is 0 Å². The van der Waals surface area contributed by atoms with Crippen molar-refractivity contribution in [2.45, 2.75) is 120 Å². The third kappa shape index (κ3) is 7.16. The van der Waals surface area contributed by atoms with Crippen LogP contribution in [-0.2, 0) is 38.3 Å². The summed E-state index contributed by atoms with van der Waals surface area (Å²) < 4.78 is 9.59. The van der Waals surface area contributed by atoms with Crippen molar-refractivity contribution < 1.29 is 32.2 Å². The summed E-state index contributed by atoms with van der Waals surface area (Å²) in [6.45, 7) is 37.2. The van der Waals surface area contributed by atoms with Crippen molar-refractivity contribution in [2.75, 3.05) is 7.11 Å². The Morgan fingerprint density at radius 2 is 1.25 bits per heavy atom. The molecular formula is C32H57OSi2Y. The Labute approximate surface area is 237 Å². The molecule has 0 spiro atoms. The van der Waals surface area contributed by atoms with Crippen LogP contribution in [0.15, 0.2) is 35.9 Å². The van der Waals surface area contributed by atoms with E-state index in [2.05, 4.69) is 132 Å². The van der Waals surface area contributed by atoms with E-state index >= 15 is 0 Å². The molecule has 0 bridgehead atoms. The second kappa shape index (κ2) is 10.5. The van der Waals surface area contributed by atoms with Crippen molar-refractivity contribution in [3.8, 4) is 5.75 Å². The van der Waals surface area contributed by atoms with E-state index in [4.69, 9.17) is 4.74 Å². The maximum absolute atomic E-state index is 6.32. The fourth-order valence-electron chi connectivity index (χ4n) is 6.34. The van der Waals surface area contributed by atoms with E-state index in [0.29, 0.717) is 0 Å². The van der Waals surface area contributed by atoms with Crippen LogP contribution in [0.4, 0.5) is 0 Å². The van der Waals surface area contributed by atoms with Gasteiger partial charge in [-0.1, -0.05) is 0 Å². The number of hydrogen-bond donors (Lipinski definition) is 0. The first-order valence-corrected chi connectivity index (χ1v) is 26.9. The summed E-state index contributed by atoms with van der Waals surface area (Å²) in [5, 5.41) is 0. The van der Waals surface area contributed by atoms with Crippen molar-refractivity contribution in [3.05, 3.63) is 52.6 Å². The summed E-state index contributed by atoms with van der Waals surface area (Å²) >= 11 is -2.25. The van der Waals surface area contributed by atoms with E-state index in [1.807, 2.05) is 7.11 Å². The van der Waals surface area contributed by atoms with Crippen molar-refractivity contribution >= 4 is 16.1 Å². The van der Waals surface area contributed by atoms with Crippen LogP contribution in [0.1, 0.15) is 72.1 Å². The van der Waals surface area contributed by atoms with E-state index in [1.54, 1.807) is 5.71 Å². The summed E-state index contributed by atoms with van der Waals surface area (Å²) in [5.74, 6) is 1.12. The number of aryl methyl sites for hydroxylation is 1. The average Bonchev–Trinajstić information content (AvgIpc) is 3.11. The quantitative estimate of drug-likeness (QED) is 0.269. The van der Waals surface area contributed by atoms with E-state index in [-0.39, 0.29) is 18.5 Å². The van der Waals surface area contributed by atoms with Crippen LogP contribution in [0, 0.1) is 12.3 Å². The topological polar surface area (TPSA) is 9.23 Å². The van der Waals surface area contributed by atoms with Gasteiger partial charge < -0.3 is 0 Å². The first-order chi connectivity index (χ1) is 15.9. The van der Waals surface area contributed by atoms with Gasteiger partial charge >= 0.3 is 240 Å². The first-order valence-electron chi connectivity index (χ1n) is 14.1. The SMILES string of the molecule is COc1c(C(C)(C)C)cc(C)cc1C(C)(C)[C]1([Y]([CH2][Si](C)(C)C)[CH2][Si](C)(C)C)C=CC(C(C)(C)C)=C1. The van der Waals surface area contributed by atoms with E-state index in [1.165, 1.54) is 22.3 Å². The predicted molar refractivity (Wildman–Crippen MR) is 165 cm³/mol. The van der Waals surface area contributed by atoms with Gasteiger partial charge in [-0.25, -0.2) is 0 Å². The maximum atomic E-state index is 6.32. The zero-order chi connectivity index (χ0) is 28.1. The van der Waals surface area contributed by atoms with Gasteiger partial charge in [0.15, 0.2) is 0 Å². The van der Waals surface area contributed by atoms with Gasteiger partial charge in [0.1, 0.15) is 0 Å². The van der Waals surface area contributed by atoms with Crippen molar-refractivity contribution in [2.24, 2.45) is 5.41 Å². The first kappa shape index (κ1) is 32.3. The molecule has 1 unspecified atom stereocenters. The van der Waals surface area contributed by atoms with Gasteiger partial charge in [-0.15, -0.1) is 0 Å². The number of allylic oxidation sites excluding steroid dienone is 4. The van der Waals surface area contributed by atoms with Crippen LogP contribution in [0.3, 0.4) is 0 Å². The number of ether oxygens (including phenoxy) is 1. The summed E-state index contributed by atoms with van der Waals surface area (Å²) in [7, 11) is -0.583. The van der Waals surface area contributed by atoms with E-state index in [9.17, 15) is 0 Å². The number of rotatable bonds is 8. The zero-order valence-electron chi connectivity index (χ0n) is 26.8. The molecule has 0 aromatic heterocycles. The van der Waals surface area contributed by atoms with Gasteiger partial charge in [-0.3, -0.25) is 0 Å². The molecule has 36 heavy (non-hydrogen) atoms. The van der Waals surface area contributed by atoms with Gasteiger partial charge in [-0.2, -0.15) is 0 Å². The van der Waals surface area contributed by atoms with Crippen LogP contribution in [-0.4, -0.2) is 23.3 Å². The summed E-state index contributed by atoms with van der Waals surface area (Å²) in [6.07, 6.45) is 8.03. The molecule has 0 radical (unpaired) electrons. The molecule has 4 heteroatoms. The Bertz CT molecular complexity index is 991. The molecule has 1 atom stereocenters. The fraction of sp³-hybridized carbons (Fsp3) is 0.688. The minimum absolute atomic E-state index is 0.0338. The Kier molecular flexibility index (Phi) is 9.45. The molecule has 0 N–H and O–H groups in total. The molecule has 1 nitrogen and oxygen atoms in total. The van der Waals surface area contributed by atoms with Gasteiger partial charge in [0, 0.05) is 0 Å². The molecule has 0 saturated carbocycles. The summed E-state index contributed by atoms with van der Waals surface area (Å²) in [4.78, 5) is 0. The van der Waals surface area contributed by atoms with E-state index in [0.717, 1.165) is 5.75 Å². The molecule has 2 rings (SSSR count). The van der Waals surface area contributed by atoms with Crippen LogP contribution in [0.5, 0.6) is 5.75 Å². The molecule has 202 valence electrons. The molecule has 1 aromatic rings. The molecule has 0 fully saturated rings. The predicted octanol–water partition coefficient (Wildman–Crippen LogP) is 10.5. The van der Waals surface area contributed by atoms with Crippen molar-refractivity contribution in [1.82, 2.24) is 0 Å². The number of hydrogen-bond acceptors (Lipinski definition) is 1. The third-order valence-corrected chi connectivity index (χ3v) is 42.9. The summed E-state index contributed by atoms with van der Waals surface area (Å²) in [6, 6.07) is 4.81. The number of methoxy groups -OCH3 is 1. The van der Waals surface area contributed by atoms with Crippen LogP contribution >= 0.6 is 0 Å². The molecule has 1 aromatic carbocycles. The molecule has 0 heterocycles. The third-order valence-electron chi connectivity index (χ3n) is 8.19. The monoisotopic (exact) mass is 602 g/mol. The van der Waals surface area contributed by atoms with Crippen molar-refractivity contribution in [3.63, 3.8) is 0 Å². The molecular weight excluding hydrogens is 545 g/mol. The Hall–Kier alpha value is 0.0377. The summed E-state index contributed by atoms with van der Waals surface area (Å²) in [5.41, 5.74) is 5.80. The molecule has 0 aliphatic heterocycles. The zero-order valence-corrected chi connectivity index (χ0v) is 31.6. The van der Waals surface area contributed by atoms with Crippen molar-refractivity contribution in [1.29, 1.82) is 0 Å². The fourth-order valence-corrected chi connectivity index (χ4v) is 45.3. The van der Waals surface area contributed by atoms with Gasteiger partial charge in [0.05, 0.1) is 0 Å². The van der Waals surface area contributed by atoms with Crippen LogP contribution in [0.25, 0.3) is 0 Å². The van der Waals surface area contributed by atoms with Crippen LogP contribution in [0.2, 0.25) is 47.2 Å². The molecule has 1 aliphatic carbocycles. The Balaban J connectivity index is 2.98. The standard InChI is InChI=1S/C24H35O.2C4H11Si.Y/c1-16-13-19(23(5,6)7)21(25-10)20(14-16)24(8,9)18-12-11-17(15-18)22(2,3)4;2*1-5(2,3)4;/h11-15H,1-10H3;2*1H2,2-4H3;. The van der Waals surface area contributed by atoms with Gasteiger partial charge in [0.2, 0.25) is 0 Å². The second-order valence-electron chi connectivity index (χ2n) is 16.6. The molecule has 0 saturated heterocycles. The normalized spacial score (nSPS) is 19.5. The molecule has 1 aliphatic rings. The molecule has 0 amide bonds. The van der Waals surface area contributed by atoms with E-state index < -0.39 is 43.6 Å². The second-order valence-corrected chi connectivity index (χ2v) is 39.5. The minimum atomic E-state index is -2.25. The van der Waals surface area contributed by atoms with Gasteiger partial charge in [-0.05, 0) is 0 Å².